The smallest absolute Gasteiger partial charge is 0.264 e. The van der Waals surface area contributed by atoms with E-state index in [0.29, 0.717) is 55.4 Å². The van der Waals surface area contributed by atoms with Crippen LogP contribution in [0.3, 0.4) is 0 Å². The molecule has 0 bridgehead atoms. The van der Waals surface area contributed by atoms with Crippen molar-refractivity contribution in [1.29, 1.82) is 0 Å². The third-order valence-electron chi connectivity index (χ3n) is 5.59. The Morgan fingerprint density at radius 1 is 1.16 bits per heavy atom. The summed E-state index contributed by atoms with van der Waals surface area (Å²) in [5, 5.41) is 4.65. The summed E-state index contributed by atoms with van der Waals surface area (Å²) >= 11 is 1.35. The number of morpholine rings is 1. The first kappa shape index (κ1) is 21.9. The van der Waals surface area contributed by atoms with Crippen molar-refractivity contribution in [3.8, 4) is 0 Å². The molecule has 4 rings (SSSR count). The SMILES string of the molecule is Cc1ccc(NC(=O)C2CCCN2C(=O)c2cccs2)cc1S(=O)(=O)N1CCOCC1. The molecule has 2 aliphatic heterocycles. The summed E-state index contributed by atoms with van der Waals surface area (Å²) in [6.07, 6.45) is 1.33. The maximum atomic E-state index is 13.1. The van der Waals surface area contributed by atoms with Crippen LogP contribution in [0.2, 0.25) is 0 Å². The Hall–Kier alpha value is -2.27. The van der Waals surface area contributed by atoms with Crippen molar-refractivity contribution in [2.75, 3.05) is 38.2 Å². The Kier molecular flexibility index (Phi) is 6.42. The molecular formula is C21H25N3O5S2. The topological polar surface area (TPSA) is 96.0 Å². The lowest BCUT2D eigenvalue weighted by molar-refractivity contribution is -0.119. The first-order chi connectivity index (χ1) is 14.9. The van der Waals surface area contributed by atoms with Crippen molar-refractivity contribution < 1.29 is 22.7 Å². The summed E-state index contributed by atoms with van der Waals surface area (Å²) in [6, 6.07) is 7.86. The number of thiophene rings is 1. The maximum Gasteiger partial charge on any atom is 0.264 e. The Labute approximate surface area is 185 Å². The summed E-state index contributed by atoms with van der Waals surface area (Å²) in [7, 11) is -3.68. The first-order valence-corrected chi connectivity index (χ1v) is 12.5. The molecule has 8 nitrogen and oxygen atoms in total. The highest BCUT2D eigenvalue weighted by Crippen LogP contribution is 2.27. The number of sulfonamides is 1. The number of nitrogens with one attached hydrogen (secondary N) is 1. The molecule has 1 aromatic heterocycles. The van der Waals surface area contributed by atoms with Gasteiger partial charge in [-0.2, -0.15) is 4.31 Å². The van der Waals surface area contributed by atoms with Crippen molar-refractivity contribution in [3.63, 3.8) is 0 Å². The number of hydrogen-bond donors (Lipinski definition) is 1. The van der Waals surface area contributed by atoms with Gasteiger partial charge in [-0.1, -0.05) is 12.1 Å². The van der Waals surface area contributed by atoms with E-state index in [1.807, 2.05) is 11.4 Å². The Morgan fingerprint density at radius 2 is 1.94 bits per heavy atom. The molecule has 2 aliphatic rings. The van der Waals surface area contributed by atoms with Crippen LogP contribution in [0.15, 0.2) is 40.6 Å². The van der Waals surface area contributed by atoms with Crippen LogP contribution < -0.4 is 5.32 Å². The molecule has 0 saturated carbocycles. The Balaban J connectivity index is 1.52. The van der Waals surface area contributed by atoms with E-state index < -0.39 is 16.1 Å². The molecule has 1 aromatic carbocycles. The number of anilines is 1. The van der Waals surface area contributed by atoms with Gasteiger partial charge < -0.3 is 15.0 Å². The van der Waals surface area contributed by atoms with Crippen LogP contribution in [0.25, 0.3) is 0 Å². The summed E-state index contributed by atoms with van der Waals surface area (Å²) in [5.74, 6) is -0.451. The molecule has 166 valence electrons. The van der Waals surface area contributed by atoms with Crippen molar-refractivity contribution in [2.45, 2.75) is 30.7 Å². The molecule has 2 amide bonds. The van der Waals surface area contributed by atoms with E-state index in [2.05, 4.69) is 5.32 Å². The molecule has 3 heterocycles. The summed E-state index contributed by atoms with van der Waals surface area (Å²) < 4.78 is 32.8. The van der Waals surface area contributed by atoms with Crippen LogP contribution in [0.1, 0.15) is 28.1 Å². The average Bonchev–Trinajstić information content (AvgIpc) is 3.47. The molecule has 1 N–H and O–H groups in total. The van der Waals surface area contributed by atoms with Crippen LogP contribution in [0, 0.1) is 6.92 Å². The molecule has 0 aliphatic carbocycles. The lowest BCUT2D eigenvalue weighted by atomic mass is 10.2. The number of carbonyl (C=O) groups excluding carboxylic acids is 2. The summed E-state index contributed by atoms with van der Waals surface area (Å²) in [5.41, 5.74) is 1.01. The second kappa shape index (κ2) is 9.07. The second-order valence-corrected chi connectivity index (χ2v) is 10.5. The van der Waals surface area contributed by atoms with E-state index in [0.717, 1.165) is 6.42 Å². The van der Waals surface area contributed by atoms with E-state index in [4.69, 9.17) is 4.74 Å². The highest BCUT2D eigenvalue weighted by molar-refractivity contribution is 7.89. The van der Waals surface area contributed by atoms with Gasteiger partial charge in [-0.15, -0.1) is 11.3 Å². The van der Waals surface area contributed by atoms with E-state index in [1.54, 1.807) is 30.0 Å². The number of nitrogens with zero attached hydrogens (tertiary/aromatic N) is 2. The van der Waals surface area contributed by atoms with Gasteiger partial charge in [0, 0.05) is 25.3 Å². The van der Waals surface area contributed by atoms with Gasteiger partial charge in [0.15, 0.2) is 0 Å². The summed E-state index contributed by atoms with van der Waals surface area (Å²) in [4.78, 5) is 28.1. The Bertz CT molecular complexity index is 1060. The predicted octanol–water partition coefficient (Wildman–Crippen LogP) is 2.32. The van der Waals surface area contributed by atoms with Crippen LogP contribution in [-0.2, 0) is 19.6 Å². The monoisotopic (exact) mass is 463 g/mol. The van der Waals surface area contributed by atoms with E-state index in [1.165, 1.54) is 21.7 Å². The maximum absolute atomic E-state index is 13.1. The summed E-state index contributed by atoms with van der Waals surface area (Å²) in [6.45, 7) is 3.60. The minimum atomic E-state index is -3.68. The third kappa shape index (κ3) is 4.52. The third-order valence-corrected chi connectivity index (χ3v) is 8.49. The molecule has 2 saturated heterocycles. The minimum Gasteiger partial charge on any atom is -0.379 e. The molecular weight excluding hydrogens is 438 g/mol. The van der Waals surface area contributed by atoms with E-state index >= 15 is 0 Å². The van der Waals surface area contributed by atoms with E-state index in [9.17, 15) is 18.0 Å². The fourth-order valence-electron chi connectivity index (χ4n) is 3.93. The molecule has 31 heavy (non-hydrogen) atoms. The van der Waals surface area contributed by atoms with Crippen molar-refractivity contribution >= 4 is 38.9 Å². The van der Waals surface area contributed by atoms with Gasteiger partial charge in [0.2, 0.25) is 15.9 Å². The normalized spacial score (nSPS) is 20.0. The molecule has 2 fully saturated rings. The van der Waals surface area contributed by atoms with Crippen molar-refractivity contribution in [3.05, 3.63) is 46.2 Å². The zero-order valence-corrected chi connectivity index (χ0v) is 18.9. The standard InChI is InChI=1S/C21H25N3O5S2/c1-15-6-7-16(14-19(15)31(27,28)23-9-11-29-12-10-23)22-20(25)17-4-2-8-24(17)21(26)18-5-3-13-30-18/h3,5-7,13-14,17H,2,4,8-12H2,1H3,(H,22,25). The zero-order valence-electron chi connectivity index (χ0n) is 17.2. The highest BCUT2D eigenvalue weighted by Gasteiger charge is 2.35. The highest BCUT2D eigenvalue weighted by atomic mass is 32.2. The van der Waals surface area contributed by atoms with Gasteiger partial charge in [0.1, 0.15) is 6.04 Å². The molecule has 0 spiro atoms. The molecule has 1 atom stereocenters. The molecule has 2 aromatic rings. The largest absolute Gasteiger partial charge is 0.379 e. The number of hydrogen-bond acceptors (Lipinski definition) is 6. The number of aryl methyl sites for hydroxylation is 1. The zero-order chi connectivity index (χ0) is 22.0. The molecule has 10 heteroatoms. The van der Waals surface area contributed by atoms with Crippen LogP contribution >= 0.6 is 11.3 Å². The molecule has 1 unspecified atom stereocenters. The lowest BCUT2D eigenvalue weighted by Gasteiger charge is -2.27. The number of rotatable bonds is 5. The van der Waals surface area contributed by atoms with Gasteiger partial charge in [0.05, 0.1) is 23.0 Å². The number of likely N-dealkylation sites (tertiary alicyclic amines) is 1. The predicted molar refractivity (Wildman–Crippen MR) is 118 cm³/mol. The minimum absolute atomic E-state index is 0.146. The second-order valence-electron chi connectivity index (χ2n) is 7.62. The van der Waals surface area contributed by atoms with Gasteiger partial charge in [0.25, 0.3) is 5.91 Å². The number of carbonyl (C=O) groups is 2. The van der Waals surface area contributed by atoms with Crippen LogP contribution in [0.4, 0.5) is 5.69 Å². The van der Waals surface area contributed by atoms with Gasteiger partial charge in [-0.05, 0) is 48.9 Å². The van der Waals surface area contributed by atoms with Crippen LogP contribution in [0.5, 0.6) is 0 Å². The van der Waals surface area contributed by atoms with Gasteiger partial charge in [-0.25, -0.2) is 8.42 Å². The van der Waals surface area contributed by atoms with Gasteiger partial charge >= 0.3 is 0 Å². The average molecular weight is 464 g/mol. The number of ether oxygens (including phenoxy) is 1. The lowest BCUT2D eigenvalue weighted by Crippen LogP contribution is -2.43. The van der Waals surface area contributed by atoms with Gasteiger partial charge in [-0.3, -0.25) is 9.59 Å². The quantitative estimate of drug-likeness (QED) is 0.734. The fraction of sp³-hybridized carbons (Fsp3) is 0.429. The van der Waals surface area contributed by atoms with Crippen LogP contribution in [-0.4, -0.2) is 68.3 Å². The number of benzene rings is 1. The number of amides is 2. The van der Waals surface area contributed by atoms with Crippen molar-refractivity contribution in [1.82, 2.24) is 9.21 Å². The van der Waals surface area contributed by atoms with E-state index in [-0.39, 0.29) is 16.7 Å². The first-order valence-electron chi connectivity index (χ1n) is 10.2. The fourth-order valence-corrected chi connectivity index (χ4v) is 6.27. The van der Waals surface area contributed by atoms with Crippen molar-refractivity contribution in [2.24, 2.45) is 0 Å². The molecule has 0 radical (unpaired) electrons. The Morgan fingerprint density at radius 3 is 2.65 bits per heavy atom.